The monoisotopic (exact) mass is 381 g/mol. The molecule has 4 rings (SSSR count). The third-order valence-corrected chi connectivity index (χ3v) is 4.90. The number of amides is 1. The second kappa shape index (κ2) is 7.18. The smallest absolute Gasteiger partial charge is 0.323 e. The van der Waals surface area contributed by atoms with Gasteiger partial charge in [0.1, 0.15) is 0 Å². The van der Waals surface area contributed by atoms with E-state index >= 15 is 0 Å². The van der Waals surface area contributed by atoms with E-state index in [4.69, 9.17) is 0 Å². The molecule has 1 aliphatic heterocycles. The lowest BCUT2D eigenvalue weighted by molar-refractivity contribution is -0.384. The first kappa shape index (κ1) is 17.8. The van der Waals surface area contributed by atoms with E-state index in [0.29, 0.717) is 16.7 Å². The standard InChI is InChI=1S/C19H19N5O4/c25-18(12-5-4-6-13(9-12)24(27)28)20-16-10-14-15(22-19(26)21-14)11-17(16)23-7-2-1-3-8-23/h4-6,9-11H,1-3,7-8H2,(H,20,25)(H2,21,22,26). The summed E-state index contributed by atoms with van der Waals surface area (Å²) in [5, 5.41) is 13.8. The topological polar surface area (TPSA) is 124 Å². The van der Waals surface area contributed by atoms with Gasteiger partial charge in [0.15, 0.2) is 0 Å². The summed E-state index contributed by atoms with van der Waals surface area (Å²) in [4.78, 5) is 42.4. The molecular formula is C19H19N5O4. The van der Waals surface area contributed by atoms with Gasteiger partial charge in [-0.2, -0.15) is 0 Å². The lowest BCUT2D eigenvalue weighted by atomic mass is 10.1. The summed E-state index contributed by atoms with van der Waals surface area (Å²) in [5.74, 6) is -0.445. The molecule has 0 aliphatic carbocycles. The Kier molecular flexibility index (Phi) is 4.56. The molecule has 2 aromatic carbocycles. The first-order chi connectivity index (χ1) is 13.5. The highest BCUT2D eigenvalue weighted by Gasteiger charge is 2.19. The van der Waals surface area contributed by atoms with Crippen molar-refractivity contribution in [2.75, 3.05) is 23.3 Å². The number of piperidine rings is 1. The van der Waals surface area contributed by atoms with Crippen LogP contribution in [0, 0.1) is 10.1 Å². The molecule has 28 heavy (non-hydrogen) atoms. The zero-order valence-electron chi connectivity index (χ0n) is 15.0. The molecular weight excluding hydrogens is 362 g/mol. The molecule has 1 fully saturated rings. The van der Waals surface area contributed by atoms with Crippen LogP contribution in [-0.4, -0.2) is 33.9 Å². The van der Waals surface area contributed by atoms with Crippen molar-refractivity contribution in [3.05, 3.63) is 62.6 Å². The number of anilines is 2. The van der Waals surface area contributed by atoms with Crippen molar-refractivity contribution in [3.63, 3.8) is 0 Å². The van der Waals surface area contributed by atoms with Crippen molar-refractivity contribution in [2.24, 2.45) is 0 Å². The van der Waals surface area contributed by atoms with E-state index in [2.05, 4.69) is 20.2 Å². The molecule has 9 nitrogen and oxygen atoms in total. The van der Waals surface area contributed by atoms with Crippen LogP contribution in [0.1, 0.15) is 29.6 Å². The summed E-state index contributed by atoms with van der Waals surface area (Å²) in [6.07, 6.45) is 3.27. The minimum absolute atomic E-state index is 0.144. The number of non-ortho nitro benzene ring substituents is 1. The van der Waals surface area contributed by atoms with Gasteiger partial charge in [-0.3, -0.25) is 14.9 Å². The fourth-order valence-electron chi connectivity index (χ4n) is 3.52. The number of carbonyl (C=O) groups is 1. The molecule has 0 atom stereocenters. The van der Waals surface area contributed by atoms with Gasteiger partial charge < -0.3 is 20.2 Å². The molecule has 1 amide bonds. The van der Waals surface area contributed by atoms with E-state index in [1.165, 1.54) is 24.3 Å². The van der Waals surface area contributed by atoms with Crippen molar-refractivity contribution in [3.8, 4) is 0 Å². The average Bonchev–Trinajstić information content (AvgIpc) is 3.07. The maximum Gasteiger partial charge on any atom is 0.323 e. The van der Waals surface area contributed by atoms with Crippen LogP contribution in [0.3, 0.4) is 0 Å². The van der Waals surface area contributed by atoms with Crippen LogP contribution in [0.2, 0.25) is 0 Å². The molecule has 3 aromatic rings. The number of hydrogen-bond donors (Lipinski definition) is 3. The van der Waals surface area contributed by atoms with Gasteiger partial charge in [0.2, 0.25) is 0 Å². The number of hydrogen-bond acceptors (Lipinski definition) is 5. The van der Waals surface area contributed by atoms with Gasteiger partial charge in [-0.1, -0.05) is 6.07 Å². The van der Waals surface area contributed by atoms with Gasteiger partial charge in [-0.15, -0.1) is 0 Å². The average molecular weight is 381 g/mol. The number of benzene rings is 2. The SMILES string of the molecule is O=C(Nc1cc2[nH]c(=O)[nH]c2cc1N1CCCCC1)c1cccc([N+](=O)[O-])c1. The summed E-state index contributed by atoms with van der Waals surface area (Å²) in [6.45, 7) is 1.72. The molecule has 0 radical (unpaired) electrons. The maximum atomic E-state index is 12.7. The number of nitro benzene ring substituents is 1. The fourth-order valence-corrected chi connectivity index (χ4v) is 3.52. The van der Waals surface area contributed by atoms with Crippen molar-refractivity contribution in [2.45, 2.75) is 19.3 Å². The number of carbonyl (C=O) groups excluding carboxylic acids is 1. The third kappa shape index (κ3) is 3.46. The van der Waals surface area contributed by atoms with Crippen molar-refractivity contribution in [1.29, 1.82) is 0 Å². The Bertz CT molecular complexity index is 1110. The first-order valence-electron chi connectivity index (χ1n) is 9.08. The van der Waals surface area contributed by atoms with Crippen LogP contribution in [0.5, 0.6) is 0 Å². The summed E-state index contributed by atoms with van der Waals surface area (Å²) in [6, 6.07) is 9.15. The molecule has 3 N–H and O–H groups in total. The number of rotatable bonds is 4. The number of nitrogens with zero attached hydrogens (tertiary/aromatic N) is 2. The summed E-state index contributed by atoms with van der Waals surface area (Å²) in [5.41, 5.74) is 2.36. The number of imidazole rings is 1. The molecule has 0 saturated carbocycles. The maximum absolute atomic E-state index is 12.7. The zero-order chi connectivity index (χ0) is 19.7. The van der Waals surface area contributed by atoms with Crippen LogP contribution in [0.25, 0.3) is 11.0 Å². The third-order valence-electron chi connectivity index (χ3n) is 4.90. The van der Waals surface area contributed by atoms with Gasteiger partial charge in [-0.25, -0.2) is 4.79 Å². The van der Waals surface area contributed by atoms with Crippen LogP contribution < -0.4 is 15.9 Å². The molecule has 1 saturated heterocycles. The van der Waals surface area contributed by atoms with Gasteiger partial charge >= 0.3 is 5.69 Å². The second-order valence-electron chi connectivity index (χ2n) is 6.80. The van der Waals surface area contributed by atoms with Crippen LogP contribution in [0.4, 0.5) is 17.1 Å². The minimum Gasteiger partial charge on any atom is -0.370 e. The van der Waals surface area contributed by atoms with Crippen molar-refractivity contribution < 1.29 is 9.72 Å². The summed E-state index contributed by atoms with van der Waals surface area (Å²) in [7, 11) is 0. The lowest BCUT2D eigenvalue weighted by Gasteiger charge is -2.30. The normalized spacial score (nSPS) is 14.2. The van der Waals surface area contributed by atoms with E-state index in [0.717, 1.165) is 38.0 Å². The number of H-pyrrole nitrogens is 2. The molecule has 1 aromatic heterocycles. The Balaban J connectivity index is 1.71. The molecule has 0 unspecified atom stereocenters. The first-order valence-corrected chi connectivity index (χ1v) is 9.08. The number of aromatic nitrogens is 2. The predicted octanol–water partition coefficient (Wildman–Crippen LogP) is 3.01. The Morgan fingerprint density at radius 1 is 1.07 bits per heavy atom. The molecule has 1 aliphatic rings. The summed E-state index contributed by atoms with van der Waals surface area (Å²) < 4.78 is 0. The van der Waals surface area contributed by atoms with E-state index in [1.54, 1.807) is 6.07 Å². The van der Waals surface area contributed by atoms with E-state index in [1.807, 2.05) is 6.07 Å². The second-order valence-corrected chi connectivity index (χ2v) is 6.80. The van der Waals surface area contributed by atoms with E-state index < -0.39 is 10.8 Å². The Labute approximate surface area is 159 Å². The van der Waals surface area contributed by atoms with Crippen molar-refractivity contribution >= 4 is 34.0 Å². The molecule has 0 spiro atoms. The molecule has 144 valence electrons. The van der Waals surface area contributed by atoms with Gasteiger partial charge in [-0.05, 0) is 37.5 Å². The van der Waals surface area contributed by atoms with Gasteiger partial charge in [0, 0.05) is 30.8 Å². The van der Waals surface area contributed by atoms with Gasteiger partial charge in [0.05, 0.1) is 27.3 Å². The predicted molar refractivity (Wildman–Crippen MR) is 106 cm³/mol. The Hall–Kier alpha value is -3.62. The largest absolute Gasteiger partial charge is 0.370 e. The number of fused-ring (bicyclic) bond motifs is 1. The highest BCUT2D eigenvalue weighted by atomic mass is 16.6. The molecule has 9 heteroatoms. The Morgan fingerprint density at radius 2 is 1.79 bits per heavy atom. The zero-order valence-corrected chi connectivity index (χ0v) is 15.0. The van der Waals surface area contributed by atoms with Crippen LogP contribution in [0.15, 0.2) is 41.2 Å². The van der Waals surface area contributed by atoms with Crippen molar-refractivity contribution in [1.82, 2.24) is 9.97 Å². The fraction of sp³-hybridized carbons (Fsp3) is 0.263. The molecule has 0 bridgehead atoms. The van der Waals surface area contributed by atoms with Crippen LogP contribution >= 0.6 is 0 Å². The number of nitro groups is 1. The highest BCUT2D eigenvalue weighted by molar-refractivity contribution is 6.07. The van der Waals surface area contributed by atoms with E-state index in [-0.39, 0.29) is 16.9 Å². The molecule has 2 heterocycles. The minimum atomic E-state index is -0.535. The van der Waals surface area contributed by atoms with E-state index in [9.17, 15) is 19.7 Å². The van der Waals surface area contributed by atoms with Gasteiger partial charge in [0.25, 0.3) is 11.6 Å². The number of aromatic amines is 2. The van der Waals surface area contributed by atoms with Crippen LogP contribution in [-0.2, 0) is 0 Å². The number of nitrogens with one attached hydrogen (secondary N) is 3. The highest BCUT2D eigenvalue weighted by Crippen LogP contribution is 2.32. The summed E-state index contributed by atoms with van der Waals surface area (Å²) >= 11 is 0. The Morgan fingerprint density at radius 3 is 2.50 bits per heavy atom. The quantitative estimate of drug-likeness (QED) is 0.473. The lowest BCUT2D eigenvalue weighted by Crippen LogP contribution is -2.30.